The van der Waals surface area contributed by atoms with E-state index in [1.807, 2.05) is 0 Å². The molecular weight excluding hydrogens is 287 g/mol. The number of alkyl halides is 3. The summed E-state index contributed by atoms with van der Waals surface area (Å²) in [4.78, 5) is 3.95. The van der Waals surface area contributed by atoms with E-state index in [0.717, 1.165) is 37.8 Å². The molecule has 1 heterocycles. The molecule has 0 amide bonds. The molecule has 112 valence electrons. The highest BCUT2D eigenvalue weighted by Gasteiger charge is 2.32. The van der Waals surface area contributed by atoms with Gasteiger partial charge in [0.1, 0.15) is 11.6 Å². The van der Waals surface area contributed by atoms with E-state index >= 15 is 0 Å². The molecule has 0 saturated heterocycles. The lowest BCUT2D eigenvalue weighted by Crippen LogP contribution is -2.29. The zero-order valence-electron chi connectivity index (χ0n) is 11.2. The van der Waals surface area contributed by atoms with Crippen molar-refractivity contribution in [1.82, 2.24) is 4.98 Å². The first-order chi connectivity index (χ1) is 9.38. The van der Waals surface area contributed by atoms with E-state index < -0.39 is 11.7 Å². The van der Waals surface area contributed by atoms with Crippen LogP contribution in [0.4, 0.5) is 24.8 Å². The van der Waals surface area contributed by atoms with Crippen molar-refractivity contribution in [2.24, 2.45) is 0 Å². The van der Waals surface area contributed by atoms with E-state index in [9.17, 15) is 13.2 Å². The smallest absolute Gasteiger partial charge is 0.384 e. The van der Waals surface area contributed by atoms with Crippen LogP contribution < -0.4 is 11.1 Å². The molecular formula is C13H18F3N3S. The Morgan fingerprint density at radius 2 is 2.10 bits per heavy atom. The van der Waals surface area contributed by atoms with Crippen molar-refractivity contribution in [1.29, 1.82) is 0 Å². The van der Waals surface area contributed by atoms with Crippen LogP contribution in [0.15, 0.2) is 12.1 Å². The molecule has 20 heavy (non-hydrogen) atoms. The van der Waals surface area contributed by atoms with Crippen LogP contribution in [0.3, 0.4) is 0 Å². The molecule has 2 atom stereocenters. The minimum absolute atomic E-state index is 0.112. The number of nitrogens with one attached hydrogen (secondary N) is 1. The maximum absolute atomic E-state index is 12.7. The van der Waals surface area contributed by atoms with E-state index in [1.165, 1.54) is 0 Å². The van der Waals surface area contributed by atoms with Crippen molar-refractivity contribution in [3.63, 3.8) is 0 Å². The van der Waals surface area contributed by atoms with Gasteiger partial charge >= 0.3 is 6.18 Å². The number of nitrogens with zero attached hydrogens (tertiary/aromatic N) is 1. The Kier molecular flexibility index (Phi) is 4.67. The Hall–Kier alpha value is -1.11. The van der Waals surface area contributed by atoms with Crippen molar-refractivity contribution >= 4 is 23.4 Å². The van der Waals surface area contributed by atoms with E-state index in [1.54, 1.807) is 11.8 Å². The van der Waals surface area contributed by atoms with Gasteiger partial charge in [-0.15, -0.1) is 0 Å². The Labute approximate surface area is 120 Å². The lowest BCUT2D eigenvalue weighted by atomic mass is 9.95. The summed E-state index contributed by atoms with van der Waals surface area (Å²) >= 11 is 1.81. The Morgan fingerprint density at radius 1 is 1.35 bits per heavy atom. The third kappa shape index (κ3) is 3.94. The van der Waals surface area contributed by atoms with Crippen LogP contribution in [0, 0.1) is 0 Å². The number of nitrogen functional groups attached to an aromatic ring is 1. The minimum atomic E-state index is -4.40. The summed E-state index contributed by atoms with van der Waals surface area (Å²) in [6.07, 6.45) is 1.80. The fraction of sp³-hybridized carbons (Fsp3) is 0.615. The van der Waals surface area contributed by atoms with Gasteiger partial charge in [0, 0.05) is 11.3 Å². The average Bonchev–Trinajstić information content (AvgIpc) is 2.37. The summed E-state index contributed by atoms with van der Waals surface area (Å²) in [6.45, 7) is 0. The van der Waals surface area contributed by atoms with Crippen molar-refractivity contribution in [2.75, 3.05) is 17.3 Å². The second-order valence-electron chi connectivity index (χ2n) is 5.03. The number of nitrogens with two attached hydrogens (primary N) is 1. The summed E-state index contributed by atoms with van der Waals surface area (Å²) in [5.41, 5.74) is 4.70. The molecule has 1 aliphatic carbocycles. The number of pyridine rings is 1. The molecule has 7 heteroatoms. The molecule has 0 aromatic carbocycles. The molecule has 1 fully saturated rings. The molecule has 2 unspecified atom stereocenters. The summed E-state index contributed by atoms with van der Waals surface area (Å²) < 4.78 is 38.2. The number of rotatable bonds is 3. The molecule has 1 aliphatic rings. The molecule has 1 saturated carbocycles. The van der Waals surface area contributed by atoms with Gasteiger partial charge < -0.3 is 11.1 Å². The van der Waals surface area contributed by atoms with Crippen LogP contribution in [0.2, 0.25) is 0 Å². The van der Waals surface area contributed by atoms with E-state index in [2.05, 4.69) is 16.6 Å². The van der Waals surface area contributed by atoms with Crippen LogP contribution >= 0.6 is 11.8 Å². The number of thioether (sulfide) groups is 1. The topological polar surface area (TPSA) is 50.9 Å². The van der Waals surface area contributed by atoms with Gasteiger partial charge in [-0.2, -0.15) is 24.9 Å². The quantitative estimate of drug-likeness (QED) is 0.892. The summed E-state index contributed by atoms with van der Waals surface area (Å²) in [6, 6.07) is 2.05. The molecule has 0 spiro atoms. The fourth-order valence-electron chi connectivity index (χ4n) is 2.49. The van der Waals surface area contributed by atoms with Crippen molar-refractivity contribution in [3.8, 4) is 0 Å². The summed E-state index contributed by atoms with van der Waals surface area (Å²) in [5, 5.41) is 3.65. The highest BCUT2D eigenvalue weighted by molar-refractivity contribution is 7.99. The van der Waals surface area contributed by atoms with E-state index in [0.29, 0.717) is 5.25 Å². The average molecular weight is 305 g/mol. The van der Waals surface area contributed by atoms with E-state index in [-0.39, 0.29) is 17.7 Å². The third-order valence-electron chi connectivity index (χ3n) is 3.48. The first-order valence-corrected chi connectivity index (χ1v) is 7.81. The molecule has 0 bridgehead atoms. The number of hydrogen-bond acceptors (Lipinski definition) is 4. The van der Waals surface area contributed by atoms with Gasteiger partial charge in [0.15, 0.2) is 0 Å². The minimum Gasteiger partial charge on any atom is -0.384 e. The molecule has 2 rings (SSSR count). The Balaban J connectivity index is 2.11. The van der Waals surface area contributed by atoms with Crippen LogP contribution in [-0.2, 0) is 6.18 Å². The normalized spacial score (nSPS) is 23.6. The highest BCUT2D eigenvalue weighted by atomic mass is 32.2. The van der Waals surface area contributed by atoms with Crippen molar-refractivity contribution in [2.45, 2.75) is 43.2 Å². The van der Waals surface area contributed by atoms with Crippen LogP contribution in [0.1, 0.15) is 31.2 Å². The number of aromatic nitrogens is 1. The van der Waals surface area contributed by atoms with Crippen molar-refractivity contribution in [3.05, 3.63) is 17.7 Å². The standard InChI is InChI=1S/C13H18F3N3S/c1-20-10-4-2-3-9(7-10)18-12-6-8(13(14,15)16)5-11(17)19-12/h5-6,9-10H,2-4,7H2,1H3,(H3,17,18,19). The summed E-state index contributed by atoms with van der Waals surface area (Å²) in [5.74, 6) is 0.101. The lowest BCUT2D eigenvalue weighted by Gasteiger charge is -2.29. The van der Waals surface area contributed by atoms with Gasteiger partial charge in [0.2, 0.25) is 0 Å². The molecule has 1 aromatic heterocycles. The molecule has 1 aromatic rings. The SMILES string of the molecule is CSC1CCCC(Nc2cc(C(F)(F)F)cc(N)n2)C1. The highest BCUT2D eigenvalue weighted by Crippen LogP contribution is 2.33. The fourth-order valence-corrected chi connectivity index (χ4v) is 3.32. The largest absolute Gasteiger partial charge is 0.416 e. The molecule has 0 radical (unpaired) electrons. The van der Waals surface area contributed by atoms with Gasteiger partial charge in [0.25, 0.3) is 0 Å². The second-order valence-corrected chi connectivity index (χ2v) is 6.17. The van der Waals surface area contributed by atoms with Gasteiger partial charge in [-0.1, -0.05) is 6.42 Å². The Morgan fingerprint density at radius 3 is 2.75 bits per heavy atom. The number of halogens is 3. The number of hydrogen-bond donors (Lipinski definition) is 2. The summed E-state index contributed by atoms with van der Waals surface area (Å²) in [7, 11) is 0. The van der Waals surface area contributed by atoms with Gasteiger partial charge in [-0.3, -0.25) is 0 Å². The molecule has 3 nitrogen and oxygen atoms in total. The molecule has 3 N–H and O–H groups in total. The van der Waals surface area contributed by atoms with Crippen LogP contribution in [0.25, 0.3) is 0 Å². The Bertz CT molecular complexity index is 465. The molecule has 0 aliphatic heterocycles. The maximum atomic E-state index is 12.7. The maximum Gasteiger partial charge on any atom is 0.416 e. The first-order valence-electron chi connectivity index (χ1n) is 6.52. The van der Waals surface area contributed by atoms with Gasteiger partial charge in [-0.05, 0) is 37.7 Å². The number of anilines is 2. The first kappa shape index (κ1) is 15.3. The zero-order chi connectivity index (χ0) is 14.8. The van der Waals surface area contributed by atoms with Crippen LogP contribution in [0.5, 0.6) is 0 Å². The predicted molar refractivity (Wildman–Crippen MR) is 76.8 cm³/mol. The monoisotopic (exact) mass is 305 g/mol. The third-order valence-corrected chi connectivity index (χ3v) is 4.58. The predicted octanol–water partition coefficient (Wildman–Crippen LogP) is 3.77. The van der Waals surface area contributed by atoms with E-state index in [4.69, 9.17) is 5.73 Å². The lowest BCUT2D eigenvalue weighted by molar-refractivity contribution is -0.137. The van der Waals surface area contributed by atoms with Crippen molar-refractivity contribution < 1.29 is 13.2 Å². The second kappa shape index (κ2) is 6.11. The zero-order valence-corrected chi connectivity index (χ0v) is 12.0. The van der Waals surface area contributed by atoms with Gasteiger partial charge in [-0.25, -0.2) is 4.98 Å². The van der Waals surface area contributed by atoms with Crippen LogP contribution in [-0.4, -0.2) is 22.5 Å². The van der Waals surface area contributed by atoms with Gasteiger partial charge in [0.05, 0.1) is 5.56 Å².